The highest BCUT2D eigenvalue weighted by atomic mass is 16.6. The number of hydrogen-bond donors (Lipinski definition) is 5. The molecule has 2 aliphatic rings. The summed E-state index contributed by atoms with van der Waals surface area (Å²) < 4.78 is 5.46. The molecule has 15 heteroatoms. The van der Waals surface area contributed by atoms with Crippen molar-refractivity contribution in [3.05, 3.63) is 42.0 Å². The summed E-state index contributed by atoms with van der Waals surface area (Å²) in [6, 6.07) is 4.21. The zero-order valence-corrected chi connectivity index (χ0v) is 29.2. The van der Waals surface area contributed by atoms with E-state index in [1.165, 1.54) is 12.2 Å². The molecule has 1 aromatic carbocycles. The molecule has 3 rings (SSSR count). The summed E-state index contributed by atoms with van der Waals surface area (Å²) in [5.74, 6) is -1.83. The molecule has 8 amide bonds. The highest BCUT2D eigenvalue weighted by Gasteiger charge is 2.29. The molecule has 1 aromatic rings. The zero-order chi connectivity index (χ0) is 36.6. The maximum atomic E-state index is 13.4. The molecular formula is C35H51N7O8. The van der Waals surface area contributed by atoms with Crippen molar-refractivity contribution in [2.75, 3.05) is 31.5 Å². The minimum Gasteiger partial charge on any atom is -0.445 e. The molecule has 15 nitrogen and oxygen atoms in total. The predicted molar refractivity (Wildman–Crippen MR) is 185 cm³/mol. The topological polar surface area (TPSA) is 209 Å². The van der Waals surface area contributed by atoms with Crippen molar-refractivity contribution in [3.63, 3.8) is 0 Å². The number of ether oxygens (including phenoxy) is 1. The van der Waals surface area contributed by atoms with Crippen LogP contribution in [0.3, 0.4) is 0 Å². The first-order valence-electron chi connectivity index (χ1n) is 17.4. The van der Waals surface area contributed by atoms with Gasteiger partial charge in [-0.05, 0) is 61.6 Å². The monoisotopic (exact) mass is 697 g/mol. The number of likely N-dealkylation sites (tertiary alicyclic amines) is 1. The van der Waals surface area contributed by atoms with Crippen LogP contribution in [0, 0.1) is 11.8 Å². The first-order valence-corrected chi connectivity index (χ1v) is 17.4. The van der Waals surface area contributed by atoms with E-state index in [1.807, 2.05) is 0 Å². The molecule has 0 aliphatic carbocycles. The minimum atomic E-state index is -0.992. The quantitative estimate of drug-likeness (QED) is 0.107. The van der Waals surface area contributed by atoms with Crippen LogP contribution in [0.15, 0.2) is 36.4 Å². The summed E-state index contributed by atoms with van der Waals surface area (Å²) in [6.45, 7) is 7.62. The Hall–Kier alpha value is -4.95. The van der Waals surface area contributed by atoms with Crippen LogP contribution < -0.4 is 27.0 Å². The Morgan fingerprint density at radius 1 is 0.940 bits per heavy atom. The Morgan fingerprint density at radius 2 is 1.64 bits per heavy atom. The van der Waals surface area contributed by atoms with Crippen LogP contribution in [0.1, 0.15) is 77.7 Å². The second-order valence-corrected chi connectivity index (χ2v) is 13.0. The molecular weight excluding hydrogens is 646 g/mol. The third kappa shape index (κ3) is 12.8. The van der Waals surface area contributed by atoms with Crippen LogP contribution in [0.4, 0.5) is 15.3 Å². The van der Waals surface area contributed by atoms with Gasteiger partial charge in [-0.2, -0.15) is 0 Å². The summed E-state index contributed by atoms with van der Waals surface area (Å²) in [5, 5.41) is 10.8. The Kier molecular flexibility index (Phi) is 15.7. The van der Waals surface area contributed by atoms with E-state index in [0.717, 1.165) is 23.3 Å². The fourth-order valence-corrected chi connectivity index (χ4v) is 5.69. The second-order valence-electron chi connectivity index (χ2n) is 13.0. The van der Waals surface area contributed by atoms with Crippen LogP contribution in [-0.2, 0) is 35.3 Å². The van der Waals surface area contributed by atoms with Crippen molar-refractivity contribution < 1.29 is 38.3 Å². The van der Waals surface area contributed by atoms with E-state index in [-0.39, 0.29) is 62.3 Å². The Balaban J connectivity index is 1.51. The molecule has 0 radical (unpaired) electrons. The summed E-state index contributed by atoms with van der Waals surface area (Å²) in [6.07, 6.45) is 6.44. The SMILES string of the molecule is CCC1CCN(C(=O)OCc2ccc(NC(=O)[C@H](CCCNC(N)=O)NC(=O)[C@@H](NC(=O)CCCCCN3C(=O)C=CC3=O)C(C)C)cc2)C1. The fraction of sp³-hybridized carbons (Fsp3) is 0.571. The van der Waals surface area contributed by atoms with Crippen LogP contribution >= 0.6 is 0 Å². The van der Waals surface area contributed by atoms with Crippen LogP contribution in [0.25, 0.3) is 0 Å². The van der Waals surface area contributed by atoms with Gasteiger partial charge in [0.15, 0.2) is 0 Å². The minimum absolute atomic E-state index is 0.0898. The number of primary amides is 1. The van der Waals surface area contributed by atoms with E-state index in [4.69, 9.17) is 10.5 Å². The van der Waals surface area contributed by atoms with Crippen LogP contribution in [-0.4, -0.2) is 89.7 Å². The van der Waals surface area contributed by atoms with Gasteiger partial charge in [0, 0.05) is 50.4 Å². The van der Waals surface area contributed by atoms with Crippen molar-refractivity contribution in [2.24, 2.45) is 17.6 Å². The number of unbranched alkanes of at least 4 members (excludes halogenated alkanes) is 2. The summed E-state index contributed by atoms with van der Waals surface area (Å²) in [7, 11) is 0. The molecule has 2 aliphatic heterocycles. The van der Waals surface area contributed by atoms with Gasteiger partial charge >= 0.3 is 12.1 Å². The molecule has 1 unspecified atom stereocenters. The van der Waals surface area contributed by atoms with Gasteiger partial charge in [0.05, 0.1) is 0 Å². The number of anilines is 1. The predicted octanol–water partition coefficient (Wildman–Crippen LogP) is 2.55. The number of nitrogens with zero attached hydrogens (tertiary/aromatic N) is 2. The van der Waals surface area contributed by atoms with E-state index < -0.39 is 29.9 Å². The molecule has 0 spiro atoms. The van der Waals surface area contributed by atoms with E-state index in [1.54, 1.807) is 43.0 Å². The van der Waals surface area contributed by atoms with Gasteiger partial charge in [-0.15, -0.1) is 0 Å². The lowest BCUT2D eigenvalue weighted by atomic mass is 10.0. The van der Waals surface area contributed by atoms with Gasteiger partial charge in [0.25, 0.3) is 11.8 Å². The smallest absolute Gasteiger partial charge is 0.410 e. The number of imide groups is 1. The van der Waals surface area contributed by atoms with Gasteiger partial charge in [-0.25, -0.2) is 9.59 Å². The van der Waals surface area contributed by atoms with E-state index in [2.05, 4.69) is 28.2 Å². The molecule has 2 heterocycles. The fourth-order valence-electron chi connectivity index (χ4n) is 5.69. The molecule has 1 fully saturated rings. The van der Waals surface area contributed by atoms with Crippen molar-refractivity contribution >= 4 is 47.3 Å². The van der Waals surface area contributed by atoms with Gasteiger partial charge in [-0.1, -0.05) is 45.7 Å². The normalized spacial score (nSPS) is 16.7. The second kappa shape index (κ2) is 19.9. The number of benzene rings is 1. The third-order valence-corrected chi connectivity index (χ3v) is 8.76. The Bertz CT molecular complexity index is 1380. The van der Waals surface area contributed by atoms with Crippen molar-refractivity contribution in [1.82, 2.24) is 25.8 Å². The number of urea groups is 1. The first kappa shape index (κ1) is 39.5. The van der Waals surface area contributed by atoms with E-state index >= 15 is 0 Å². The van der Waals surface area contributed by atoms with Crippen molar-refractivity contribution in [1.29, 1.82) is 0 Å². The van der Waals surface area contributed by atoms with Crippen LogP contribution in [0.2, 0.25) is 0 Å². The highest BCUT2D eigenvalue weighted by molar-refractivity contribution is 6.12. The molecule has 0 saturated carbocycles. The summed E-state index contributed by atoms with van der Waals surface area (Å²) in [4.78, 5) is 89.3. The lowest BCUT2D eigenvalue weighted by Crippen LogP contribution is -2.54. The number of carbonyl (C=O) groups excluding carboxylic acids is 7. The van der Waals surface area contributed by atoms with Gasteiger partial charge in [0.2, 0.25) is 17.7 Å². The maximum absolute atomic E-state index is 13.4. The largest absolute Gasteiger partial charge is 0.445 e. The van der Waals surface area contributed by atoms with Gasteiger partial charge in [-0.3, -0.25) is 28.9 Å². The summed E-state index contributed by atoms with van der Waals surface area (Å²) in [5.41, 5.74) is 6.37. The zero-order valence-electron chi connectivity index (χ0n) is 29.2. The van der Waals surface area contributed by atoms with Crippen LogP contribution in [0.5, 0.6) is 0 Å². The van der Waals surface area contributed by atoms with E-state index in [0.29, 0.717) is 50.4 Å². The third-order valence-electron chi connectivity index (χ3n) is 8.76. The maximum Gasteiger partial charge on any atom is 0.410 e. The number of hydrogen-bond acceptors (Lipinski definition) is 8. The highest BCUT2D eigenvalue weighted by Crippen LogP contribution is 2.20. The lowest BCUT2D eigenvalue weighted by molar-refractivity contribution is -0.137. The molecule has 3 atom stereocenters. The Labute approximate surface area is 293 Å². The number of nitrogens with two attached hydrogens (primary N) is 1. The van der Waals surface area contributed by atoms with E-state index in [9.17, 15) is 33.6 Å². The number of nitrogens with one attached hydrogen (secondary N) is 4. The Morgan fingerprint density at radius 3 is 2.26 bits per heavy atom. The van der Waals surface area contributed by atoms with Crippen molar-refractivity contribution in [3.8, 4) is 0 Å². The summed E-state index contributed by atoms with van der Waals surface area (Å²) >= 11 is 0. The average molecular weight is 698 g/mol. The number of amides is 8. The first-order chi connectivity index (χ1) is 23.9. The van der Waals surface area contributed by atoms with Crippen molar-refractivity contribution in [2.45, 2.75) is 90.8 Å². The standard InChI is InChI=1S/C35H51N7O8/c1-4-24-17-20-41(21-24)35(49)50-22-25-11-13-26(14-12-25)38-32(46)27(9-8-18-37-34(36)48)39-33(47)31(23(2)3)40-28(43)10-6-5-7-19-42-29(44)15-16-30(42)45/h11-16,23-24,27,31H,4-10,17-22H2,1-3H3,(H,38,46)(H,39,47)(H,40,43)(H3,36,37,48)/t24?,27-,31-/m0/s1. The molecule has 0 bridgehead atoms. The molecule has 0 aromatic heterocycles. The molecule has 1 saturated heterocycles. The number of rotatable bonds is 19. The molecule has 274 valence electrons. The van der Waals surface area contributed by atoms with Gasteiger partial charge in [0.1, 0.15) is 18.7 Å². The van der Waals surface area contributed by atoms with Gasteiger partial charge < -0.3 is 36.6 Å². The molecule has 50 heavy (non-hydrogen) atoms. The lowest BCUT2D eigenvalue weighted by Gasteiger charge is -2.25. The number of carbonyl (C=O) groups is 7. The average Bonchev–Trinajstić information content (AvgIpc) is 3.70. The molecule has 6 N–H and O–H groups in total.